The van der Waals surface area contributed by atoms with Gasteiger partial charge in [-0.1, -0.05) is 17.2 Å². The summed E-state index contributed by atoms with van der Waals surface area (Å²) in [5.41, 5.74) is 2.04. The molecule has 134 valence electrons. The Morgan fingerprint density at radius 3 is 2.64 bits per heavy atom. The van der Waals surface area contributed by atoms with E-state index in [1.165, 1.54) is 13.2 Å². The Hall–Kier alpha value is -2.53. The molecule has 1 N–H and O–H groups in total. The molecule has 25 heavy (non-hydrogen) atoms. The first kappa shape index (κ1) is 18.8. The van der Waals surface area contributed by atoms with Crippen LogP contribution in [0.25, 0.3) is 11.0 Å². The Kier molecular flexibility index (Phi) is 6.42. The third-order valence-electron chi connectivity index (χ3n) is 3.64. The highest BCUT2D eigenvalue weighted by atomic mass is 16.5. The summed E-state index contributed by atoms with van der Waals surface area (Å²) in [6.45, 7) is 6.18. The molecule has 1 aromatic heterocycles. The maximum Gasteiger partial charge on any atom is 0.336 e. The van der Waals surface area contributed by atoms with E-state index < -0.39 is 11.7 Å². The van der Waals surface area contributed by atoms with Gasteiger partial charge < -0.3 is 19.0 Å². The van der Waals surface area contributed by atoms with Gasteiger partial charge in [0.15, 0.2) is 11.3 Å². The van der Waals surface area contributed by atoms with Crippen molar-refractivity contribution in [3.63, 3.8) is 0 Å². The first-order valence-electron chi connectivity index (χ1n) is 8.13. The van der Waals surface area contributed by atoms with E-state index in [-0.39, 0.29) is 0 Å². The molecule has 0 aliphatic heterocycles. The Balaban J connectivity index is 2.11. The van der Waals surface area contributed by atoms with Gasteiger partial charge in [0.1, 0.15) is 6.61 Å². The minimum Gasteiger partial charge on any atom is -0.490 e. The monoisotopic (exact) mass is 344 g/mol. The Bertz CT molecular complexity index is 841. The topological polar surface area (TPSA) is 68.9 Å². The Labute approximate surface area is 147 Å². The molecule has 1 aromatic carbocycles. The van der Waals surface area contributed by atoms with Gasteiger partial charge in [-0.3, -0.25) is 0 Å². The van der Waals surface area contributed by atoms with Crippen molar-refractivity contribution in [1.82, 2.24) is 0 Å². The summed E-state index contributed by atoms with van der Waals surface area (Å²) in [6.07, 6.45) is 3.79. The van der Waals surface area contributed by atoms with Crippen LogP contribution in [-0.2, 0) is 0 Å². The lowest BCUT2D eigenvalue weighted by Gasteiger charge is -2.11. The molecule has 2 aromatic rings. The zero-order chi connectivity index (χ0) is 18.4. The average Bonchev–Trinajstić information content (AvgIpc) is 2.53. The van der Waals surface area contributed by atoms with E-state index in [1.54, 1.807) is 12.1 Å². The maximum atomic E-state index is 11.4. The molecule has 1 atom stereocenters. The van der Waals surface area contributed by atoms with E-state index in [0.29, 0.717) is 30.1 Å². The Morgan fingerprint density at radius 1 is 1.24 bits per heavy atom. The van der Waals surface area contributed by atoms with Crippen LogP contribution in [0, 0.1) is 0 Å². The van der Waals surface area contributed by atoms with E-state index in [2.05, 4.69) is 0 Å². The summed E-state index contributed by atoms with van der Waals surface area (Å²) in [5.74, 6) is 0.893. The van der Waals surface area contributed by atoms with Crippen LogP contribution in [0.15, 0.2) is 56.8 Å². The third kappa shape index (κ3) is 5.22. The summed E-state index contributed by atoms with van der Waals surface area (Å²) in [5, 5.41) is 10.7. The largest absolute Gasteiger partial charge is 0.490 e. The second kappa shape index (κ2) is 8.53. The van der Waals surface area contributed by atoms with Crippen LogP contribution in [0.4, 0.5) is 0 Å². The third-order valence-corrected chi connectivity index (χ3v) is 3.64. The van der Waals surface area contributed by atoms with Crippen molar-refractivity contribution >= 4 is 11.0 Å². The predicted molar refractivity (Wildman–Crippen MR) is 98.3 cm³/mol. The number of fused-ring (bicyclic) bond motifs is 1. The highest BCUT2D eigenvalue weighted by Crippen LogP contribution is 2.34. The molecule has 0 fully saturated rings. The van der Waals surface area contributed by atoms with Crippen molar-refractivity contribution in [2.45, 2.75) is 33.3 Å². The number of rotatable bonds is 7. The smallest absolute Gasteiger partial charge is 0.336 e. The average molecular weight is 344 g/mol. The van der Waals surface area contributed by atoms with Crippen molar-refractivity contribution in [1.29, 1.82) is 0 Å². The molecule has 0 aliphatic rings. The Morgan fingerprint density at radius 2 is 1.96 bits per heavy atom. The lowest BCUT2D eigenvalue weighted by Crippen LogP contribution is -2.05. The molecule has 0 radical (unpaired) electrons. The van der Waals surface area contributed by atoms with Crippen molar-refractivity contribution in [3.8, 4) is 11.5 Å². The normalized spacial score (nSPS) is 12.8. The molecule has 0 amide bonds. The zero-order valence-electron chi connectivity index (χ0n) is 15.0. The van der Waals surface area contributed by atoms with Crippen molar-refractivity contribution in [2.24, 2.45) is 0 Å². The number of allylic oxidation sites excluding steroid dienone is 1. The van der Waals surface area contributed by atoms with E-state index in [4.69, 9.17) is 13.9 Å². The quantitative estimate of drug-likeness (QED) is 0.610. The fourth-order valence-corrected chi connectivity index (χ4v) is 2.53. The molecular weight excluding hydrogens is 320 g/mol. The highest BCUT2D eigenvalue weighted by molar-refractivity contribution is 5.85. The summed E-state index contributed by atoms with van der Waals surface area (Å²) in [6, 6.07) is 6.64. The van der Waals surface area contributed by atoms with Gasteiger partial charge in [0.2, 0.25) is 5.75 Å². The van der Waals surface area contributed by atoms with Crippen LogP contribution in [0.1, 0.15) is 27.2 Å². The van der Waals surface area contributed by atoms with Gasteiger partial charge in [-0.25, -0.2) is 4.79 Å². The number of aliphatic hydroxyl groups is 1. The number of aliphatic hydroxyl groups excluding tert-OH is 1. The van der Waals surface area contributed by atoms with Crippen LogP contribution in [0.2, 0.25) is 0 Å². The van der Waals surface area contributed by atoms with Gasteiger partial charge in [0.25, 0.3) is 0 Å². The molecule has 0 unspecified atom stereocenters. The molecule has 0 spiro atoms. The van der Waals surface area contributed by atoms with Crippen molar-refractivity contribution in [2.75, 3.05) is 13.7 Å². The second-order valence-corrected chi connectivity index (χ2v) is 6.15. The fourth-order valence-electron chi connectivity index (χ4n) is 2.53. The highest BCUT2D eigenvalue weighted by Gasteiger charge is 2.12. The van der Waals surface area contributed by atoms with Gasteiger partial charge in [-0.15, -0.1) is 0 Å². The second-order valence-electron chi connectivity index (χ2n) is 6.15. The van der Waals surface area contributed by atoms with Gasteiger partial charge in [-0.05, 0) is 51.5 Å². The van der Waals surface area contributed by atoms with E-state index in [9.17, 15) is 9.90 Å². The van der Waals surface area contributed by atoms with Crippen LogP contribution in [-0.4, -0.2) is 24.9 Å². The SMILES string of the molecule is COc1c(OC/C=C(\C)C[C@@H](O)C=C(C)C)ccc2ccc(=O)oc12. The maximum absolute atomic E-state index is 11.4. The first-order valence-corrected chi connectivity index (χ1v) is 8.13. The lowest BCUT2D eigenvalue weighted by atomic mass is 10.1. The minimum atomic E-state index is -0.495. The van der Waals surface area contributed by atoms with Crippen molar-refractivity contribution < 1.29 is 19.0 Å². The van der Waals surface area contributed by atoms with Gasteiger partial charge in [0.05, 0.1) is 13.2 Å². The van der Waals surface area contributed by atoms with E-state index >= 15 is 0 Å². The lowest BCUT2D eigenvalue weighted by molar-refractivity contribution is 0.222. The molecule has 5 nitrogen and oxygen atoms in total. The predicted octanol–water partition coefficient (Wildman–Crippen LogP) is 3.84. The molecule has 2 rings (SSSR count). The molecule has 0 saturated heterocycles. The van der Waals surface area contributed by atoms with Gasteiger partial charge >= 0.3 is 5.63 Å². The molecule has 0 aliphatic carbocycles. The summed E-state index contributed by atoms with van der Waals surface area (Å²) in [4.78, 5) is 11.4. The minimum absolute atomic E-state index is 0.326. The number of ether oxygens (including phenoxy) is 2. The number of hydrogen-bond donors (Lipinski definition) is 1. The van der Waals surface area contributed by atoms with E-state index in [1.807, 2.05) is 39.0 Å². The van der Waals surface area contributed by atoms with Crippen LogP contribution >= 0.6 is 0 Å². The van der Waals surface area contributed by atoms with Crippen LogP contribution in [0.3, 0.4) is 0 Å². The van der Waals surface area contributed by atoms with Crippen LogP contribution in [0.5, 0.6) is 11.5 Å². The number of benzene rings is 1. The number of hydrogen-bond acceptors (Lipinski definition) is 5. The standard InChI is InChI=1S/C20H24O5/c1-13(2)11-16(21)12-14(3)9-10-24-17-7-5-15-6-8-18(22)25-19(15)20(17)23-4/h5-9,11,16,21H,10,12H2,1-4H3/b14-9+/t16-/m0/s1. The number of methoxy groups -OCH3 is 1. The van der Waals surface area contributed by atoms with E-state index in [0.717, 1.165) is 16.5 Å². The molecular formula is C20H24O5. The van der Waals surface area contributed by atoms with Crippen molar-refractivity contribution in [3.05, 3.63) is 58.0 Å². The molecule has 5 heteroatoms. The summed E-state index contributed by atoms with van der Waals surface area (Å²) in [7, 11) is 1.51. The van der Waals surface area contributed by atoms with Gasteiger partial charge in [0, 0.05) is 11.5 Å². The first-order chi connectivity index (χ1) is 11.9. The summed E-state index contributed by atoms with van der Waals surface area (Å²) >= 11 is 0. The van der Waals surface area contributed by atoms with Gasteiger partial charge in [-0.2, -0.15) is 0 Å². The fraction of sp³-hybridized carbons (Fsp3) is 0.350. The summed E-state index contributed by atoms with van der Waals surface area (Å²) < 4.78 is 16.3. The molecule has 1 heterocycles. The van der Waals surface area contributed by atoms with Crippen LogP contribution < -0.4 is 15.1 Å². The molecule has 0 saturated carbocycles. The zero-order valence-corrected chi connectivity index (χ0v) is 15.0. The molecule has 0 bridgehead atoms.